The van der Waals surface area contributed by atoms with Gasteiger partial charge in [-0.05, 0) is 26.1 Å². The number of hydrogen-bond donors (Lipinski definition) is 2. The number of anilines is 1. The summed E-state index contributed by atoms with van der Waals surface area (Å²) < 4.78 is 0. The number of nitrogens with two attached hydrogens (primary N) is 1. The van der Waals surface area contributed by atoms with Crippen molar-refractivity contribution >= 4 is 17.4 Å². The molecule has 1 aromatic rings. The van der Waals surface area contributed by atoms with Crippen LogP contribution in [0.25, 0.3) is 0 Å². The molecule has 0 saturated heterocycles. The normalized spacial score (nSPS) is 12.5. The lowest BCUT2D eigenvalue weighted by Crippen LogP contribution is -2.45. The quantitative estimate of drug-likeness (QED) is 0.595. The van der Waals surface area contributed by atoms with Gasteiger partial charge in [-0.1, -0.05) is 13.8 Å². The molecule has 1 aromatic heterocycles. The first-order valence-electron chi connectivity index (χ1n) is 6.57. The number of hydrogen-bond acceptors (Lipinski definition) is 6. The van der Waals surface area contributed by atoms with Gasteiger partial charge in [-0.2, -0.15) is 0 Å². The standard InChI is InChI=1S/C13H21N5O3/c1-8(2)10(7-17(3)4)16-13(19)9-5-12(14)15-6-11(9)18(20)21/h5-6,8,10H,7H2,1-4H3,(H2,14,15)(H,16,19). The minimum atomic E-state index is -0.641. The van der Waals surface area contributed by atoms with Crippen LogP contribution in [0.5, 0.6) is 0 Å². The summed E-state index contributed by atoms with van der Waals surface area (Å²) in [6.45, 7) is 4.59. The number of pyridine rings is 1. The zero-order valence-corrected chi connectivity index (χ0v) is 12.7. The maximum atomic E-state index is 12.3. The van der Waals surface area contributed by atoms with Crippen LogP contribution in [-0.2, 0) is 0 Å². The van der Waals surface area contributed by atoms with E-state index in [1.54, 1.807) is 0 Å². The molecule has 1 heterocycles. The van der Waals surface area contributed by atoms with Crippen molar-refractivity contribution in [2.75, 3.05) is 26.4 Å². The minimum Gasteiger partial charge on any atom is -0.384 e. The number of likely N-dealkylation sites (N-methyl/N-ethyl adjacent to an activating group) is 1. The van der Waals surface area contributed by atoms with Crippen molar-refractivity contribution in [2.24, 2.45) is 5.92 Å². The van der Waals surface area contributed by atoms with Gasteiger partial charge in [0.2, 0.25) is 0 Å². The van der Waals surface area contributed by atoms with Gasteiger partial charge in [0, 0.05) is 12.6 Å². The summed E-state index contributed by atoms with van der Waals surface area (Å²) in [5.74, 6) is -0.259. The maximum Gasteiger partial charge on any atom is 0.300 e. The molecule has 0 aliphatic rings. The highest BCUT2D eigenvalue weighted by Crippen LogP contribution is 2.19. The average molecular weight is 295 g/mol. The summed E-state index contributed by atoms with van der Waals surface area (Å²) in [5.41, 5.74) is 5.09. The van der Waals surface area contributed by atoms with Crippen LogP contribution in [-0.4, -0.2) is 47.4 Å². The van der Waals surface area contributed by atoms with Crippen LogP contribution < -0.4 is 11.1 Å². The van der Waals surface area contributed by atoms with Crippen molar-refractivity contribution < 1.29 is 9.72 Å². The highest BCUT2D eigenvalue weighted by atomic mass is 16.6. The van der Waals surface area contributed by atoms with E-state index in [2.05, 4.69) is 10.3 Å². The monoisotopic (exact) mass is 295 g/mol. The van der Waals surface area contributed by atoms with Gasteiger partial charge < -0.3 is 16.0 Å². The molecule has 8 nitrogen and oxygen atoms in total. The first kappa shape index (κ1) is 16.8. The smallest absolute Gasteiger partial charge is 0.300 e. The number of amides is 1. The Morgan fingerprint density at radius 2 is 2.14 bits per heavy atom. The minimum absolute atomic E-state index is 0.0689. The van der Waals surface area contributed by atoms with Crippen molar-refractivity contribution in [2.45, 2.75) is 19.9 Å². The van der Waals surface area contributed by atoms with Gasteiger partial charge in [0.25, 0.3) is 11.6 Å². The van der Waals surface area contributed by atoms with Crippen molar-refractivity contribution in [1.29, 1.82) is 0 Å². The second-order valence-electron chi connectivity index (χ2n) is 5.47. The molecule has 0 aliphatic carbocycles. The molecule has 116 valence electrons. The topological polar surface area (TPSA) is 114 Å². The average Bonchev–Trinajstić information content (AvgIpc) is 2.36. The van der Waals surface area contributed by atoms with Gasteiger partial charge in [-0.15, -0.1) is 0 Å². The highest BCUT2D eigenvalue weighted by Gasteiger charge is 2.24. The molecule has 1 atom stereocenters. The Bertz CT molecular complexity index is 531. The lowest BCUT2D eigenvalue weighted by Gasteiger charge is -2.25. The molecule has 0 spiro atoms. The van der Waals surface area contributed by atoms with E-state index in [0.29, 0.717) is 6.54 Å². The van der Waals surface area contributed by atoms with E-state index in [1.165, 1.54) is 6.07 Å². The van der Waals surface area contributed by atoms with Gasteiger partial charge in [0.15, 0.2) is 0 Å². The van der Waals surface area contributed by atoms with E-state index < -0.39 is 10.8 Å². The zero-order valence-electron chi connectivity index (χ0n) is 12.7. The third-order valence-electron chi connectivity index (χ3n) is 3.03. The first-order valence-corrected chi connectivity index (χ1v) is 6.57. The Balaban J connectivity index is 3.02. The second-order valence-corrected chi connectivity index (χ2v) is 5.47. The lowest BCUT2D eigenvalue weighted by atomic mass is 10.0. The molecule has 0 saturated carbocycles. The van der Waals surface area contributed by atoms with Gasteiger partial charge in [0.05, 0.1) is 4.92 Å². The molecule has 1 amide bonds. The van der Waals surface area contributed by atoms with Crippen molar-refractivity contribution in [3.8, 4) is 0 Å². The molecule has 3 N–H and O–H groups in total. The van der Waals surface area contributed by atoms with Crippen LogP contribution in [0.4, 0.5) is 11.5 Å². The van der Waals surface area contributed by atoms with Gasteiger partial charge in [-0.25, -0.2) is 4.98 Å². The van der Waals surface area contributed by atoms with Crippen molar-refractivity contribution in [3.05, 3.63) is 27.9 Å². The van der Waals surface area contributed by atoms with Crippen LogP contribution in [0.3, 0.4) is 0 Å². The molecule has 0 bridgehead atoms. The molecular formula is C13H21N5O3. The molecule has 1 rings (SSSR count). The first-order chi connectivity index (χ1) is 9.72. The summed E-state index contributed by atoms with van der Waals surface area (Å²) in [5, 5.41) is 13.8. The van der Waals surface area contributed by atoms with Crippen molar-refractivity contribution in [1.82, 2.24) is 15.2 Å². The van der Waals surface area contributed by atoms with E-state index in [0.717, 1.165) is 6.20 Å². The van der Waals surface area contributed by atoms with Crippen LogP contribution >= 0.6 is 0 Å². The number of nitrogens with zero attached hydrogens (tertiary/aromatic N) is 3. The molecule has 0 radical (unpaired) electrons. The summed E-state index contributed by atoms with van der Waals surface area (Å²) >= 11 is 0. The van der Waals surface area contributed by atoms with Crippen LogP contribution in [0, 0.1) is 16.0 Å². The van der Waals surface area contributed by atoms with Gasteiger partial charge in [0.1, 0.15) is 17.6 Å². The molecule has 21 heavy (non-hydrogen) atoms. The molecular weight excluding hydrogens is 274 g/mol. The molecule has 1 unspecified atom stereocenters. The Morgan fingerprint density at radius 3 is 2.62 bits per heavy atom. The SMILES string of the molecule is CC(C)C(CN(C)C)NC(=O)c1cc(N)ncc1[N+](=O)[O-]. The number of carbonyl (C=O) groups excluding carboxylic acids is 1. The highest BCUT2D eigenvalue weighted by molar-refractivity contribution is 5.98. The molecule has 0 aliphatic heterocycles. The second kappa shape index (κ2) is 6.98. The number of aromatic nitrogens is 1. The zero-order chi connectivity index (χ0) is 16.2. The number of nitrogens with one attached hydrogen (secondary N) is 1. The summed E-state index contributed by atoms with van der Waals surface area (Å²) in [4.78, 5) is 28.2. The number of nitrogen functional groups attached to an aromatic ring is 1. The summed E-state index contributed by atoms with van der Waals surface area (Å²) in [6, 6.07) is 1.10. The fourth-order valence-corrected chi connectivity index (χ4v) is 1.85. The van der Waals surface area contributed by atoms with E-state index in [9.17, 15) is 14.9 Å². The number of nitro groups is 1. The largest absolute Gasteiger partial charge is 0.384 e. The summed E-state index contributed by atoms with van der Waals surface area (Å²) in [7, 11) is 3.79. The lowest BCUT2D eigenvalue weighted by molar-refractivity contribution is -0.385. The Kier molecular flexibility index (Phi) is 5.60. The predicted molar refractivity (Wildman–Crippen MR) is 80.0 cm³/mol. The van der Waals surface area contributed by atoms with Crippen LogP contribution in [0.1, 0.15) is 24.2 Å². The van der Waals surface area contributed by atoms with Crippen LogP contribution in [0.2, 0.25) is 0 Å². The maximum absolute atomic E-state index is 12.3. The van der Waals surface area contributed by atoms with E-state index in [1.807, 2.05) is 32.8 Å². The fraction of sp³-hybridized carbons (Fsp3) is 0.538. The Morgan fingerprint density at radius 1 is 1.52 bits per heavy atom. The fourth-order valence-electron chi connectivity index (χ4n) is 1.85. The number of rotatable bonds is 6. The molecule has 0 aromatic carbocycles. The van der Waals surface area contributed by atoms with Gasteiger partial charge in [-0.3, -0.25) is 14.9 Å². The summed E-state index contributed by atoms with van der Waals surface area (Å²) in [6.07, 6.45) is 1.00. The molecule has 0 fully saturated rings. The van der Waals surface area contributed by atoms with Crippen molar-refractivity contribution in [3.63, 3.8) is 0 Å². The van der Waals surface area contributed by atoms with Gasteiger partial charge >= 0.3 is 0 Å². The van der Waals surface area contributed by atoms with E-state index >= 15 is 0 Å². The Hall–Kier alpha value is -2.22. The van der Waals surface area contributed by atoms with E-state index in [4.69, 9.17) is 5.73 Å². The number of carbonyl (C=O) groups is 1. The Labute approximate surface area is 123 Å². The third kappa shape index (κ3) is 4.67. The predicted octanol–water partition coefficient (Wildman–Crippen LogP) is 0.888. The molecule has 8 heteroatoms. The third-order valence-corrected chi connectivity index (χ3v) is 3.03. The van der Waals surface area contributed by atoms with E-state index in [-0.39, 0.29) is 29.0 Å². The van der Waals surface area contributed by atoms with Crippen LogP contribution in [0.15, 0.2) is 12.3 Å².